The molecular weight excluding hydrogens is 321 g/mol. The van der Waals surface area contributed by atoms with Crippen molar-refractivity contribution in [2.75, 3.05) is 24.5 Å². The summed E-state index contributed by atoms with van der Waals surface area (Å²) in [4.78, 5) is 14.2. The molecule has 5 nitrogen and oxygen atoms in total. The molecule has 1 atom stereocenters. The number of para-hydroxylation sites is 1. The second-order valence-corrected chi connectivity index (χ2v) is 7.04. The highest BCUT2D eigenvalue weighted by Gasteiger charge is 2.25. The molecule has 1 N–H and O–H groups in total. The quantitative estimate of drug-likeness (QED) is 0.873. The Morgan fingerprint density at radius 3 is 3.00 bits per heavy atom. The molecule has 1 aromatic carbocycles. The summed E-state index contributed by atoms with van der Waals surface area (Å²) in [5.41, 5.74) is 1.43. The molecular formula is C19H24FN3O2. The van der Waals surface area contributed by atoms with Gasteiger partial charge in [-0.3, -0.25) is 4.79 Å². The molecule has 3 rings (SSSR count). The number of nitrogens with one attached hydrogen (secondary N) is 1. The molecule has 2 heterocycles. The van der Waals surface area contributed by atoms with Gasteiger partial charge in [-0.2, -0.15) is 0 Å². The van der Waals surface area contributed by atoms with Gasteiger partial charge in [-0.25, -0.2) is 4.39 Å². The SMILES string of the molecule is CC(C)Cc1cc(C(=O)NC[C@H]2CCN(c3ccccc3F)C2)on1. The fourth-order valence-electron chi connectivity index (χ4n) is 3.18. The van der Waals surface area contributed by atoms with Crippen LogP contribution in [0.5, 0.6) is 0 Å². The second-order valence-electron chi connectivity index (χ2n) is 7.04. The van der Waals surface area contributed by atoms with Crippen molar-refractivity contribution in [2.24, 2.45) is 11.8 Å². The average molecular weight is 345 g/mol. The van der Waals surface area contributed by atoms with Crippen LogP contribution in [-0.2, 0) is 6.42 Å². The van der Waals surface area contributed by atoms with Gasteiger partial charge in [-0.05, 0) is 36.8 Å². The molecule has 134 valence electrons. The van der Waals surface area contributed by atoms with E-state index in [0.29, 0.717) is 24.1 Å². The maximum atomic E-state index is 13.9. The predicted octanol–water partition coefficient (Wildman–Crippen LogP) is 3.27. The lowest BCUT2D eigenvalue weighted by Crippen LogP contribution is -2.31. The minimum Gasteiger partial charge on any atom is -0.369 e. The normalized spacial score (nSPS) is 17.3. The van der Waals surface area contributed by atoms with Gasteiger partial charge in [0.2, 0.25) is 5.76 Å². The maximum Gasteiger partial charge on any atom is 0.289 e. The van der Waals surface area contributed by atoms with Crippen LogP contribution in [-0.4, -0.2) is 30.7 Å². The lowest BCUT2D eigenvalue weighted by molar-refractivity contribution is 0.0911. The molecule has 0 saturated carbocycles. The van der Waals surface area contributed by atoms with E-state index in [1.54, 1.807) is 18.2 Å². The van der Waals surface area contributed by atoms with Gasteiger partial charge < -0.3 is 14.7 Å². The lowest BCUT2D eigenvalue weighted by atomic mass is 10.1. The molecule has 0 aliphatic carbocycles. The molecule has 1 amide bonds. The number of nitrogens with zero attached hydrogens (tertiary/aromatic N) is 2. The molecule has 0 radical (unpaired) electrons. The van der Waals surface area contributed by atoms with Crippen molar-refractivity contribution in [1.82, 2.24) is 10.5 Å². The summed E-state index contributed by atoms with van der Waals surface area (Å²) in [6, 6.07) is 8.50. The van der Waals surface area contributed by atoms with Crippen molar-refractivity contribution >= 4 is 11.6 Å². The Morgan fingerprint density at radius 1 is 1.44 bits per heavy atom. The third-order valence-electron chi connectivity index (χ3n) is 4.43. The molecule has 6 heteroatoms. The van der Waals surface area contributed by atoms with Gasteiger partial charge in [-0.1, -0.05) is 31.1 Å². The van der Waals surface area contributed by atoms with Crippen LogP contribution in [0.15, 0.2) is 34.9 Å². The van der Waals surface area contributed by atoms with E-state index >= 15 is 0 Å². The van der Waals surface area contributed by atoms with Crippen LogP contribution in [0, 0.1) is 17.7 Å². The maximum absolute atomic E-state index is 13.9. The van der Waals surface area contributed by atoms with Gasteiger partial charge >= 0.3 is 0 Å². The van der Waals surface area contributed by atoms with Gasteiger partial charge in [0.05, 0.1) is 11.4 Å². The molecule has 0 bridgehead atoms. The summed E-state index contributed by atoms with van der Waals surface area (Å²) in [7, 11) is 0. The third-order valence-corrected chi connectivity index (χ3v) is 4.43. The molecule has 25 heavy (non-hydrogen) atoms. The first-order valence-corrected chi connectivity index (χ1v) is 8.76. The van der Waals surface area contributed by atoms with Gasteiger partial charge in [0.1, 0.15) is 5.82 Å². The number of carbonyl (C=O) groups is 1. The van der Waals surface area contributed by atoms with Crippen LogP contribution in [0.1, 0.15) is 36.5 Å². The van der Waals surface area contributed by atoms with E-state index in [-0.39, 0.29) is 17.5 Å². The second kappa shape index (κ2) is 7.68. The first-order chi connectivity index (χ1) is 12.0. The van der Waals surface area contributed by atoms with Gasteiger partial charge in [0, 0.05) is 25.7 Å². The number of anilines is 1. The van der Waals surface area contributed by atoms with Crippen molar-refractivity contribution in [3.05, 3.63) is 47.6 Å². The van der Waals surface area contributed by atoms with E-state index in [4.69, 9.17) is 4.52 Å². The Bertz CT molecular complexity index is 729. The van der Waals surface area contributed by atoms with Crippen LogP contribution in [0.3, 0.4) is 0 Å². The van der Waals surface area contributed by atoms with Crippen molar-refractivity contribution in [1.29, 1.82) is 0 Å². The van der Waals surface area contributed by atoms with Crippen molar-refractivity contribution in [3.63, 3.8) is 0 Å². The summed E-state index contributed by atoms with van der Waals surface area (Å²) in [5.74, 6) is 0.559. The molecule has 1 saturated heterocycles. The molecule has 0 spiro atoms. The number of amides is 1. The summed E-state index contributed by atoms with van der Waals surface area (Å²) < 4.78 is 19.0. The molecule has 1 fully saturated rings. The third kappa shape index (κ3) is 4.38. The number of hydrogen-bond acceptors (Lipinski definition) is 4. The lowest BCUT2D eigenvalue weighted by Gasteiger charge is -2.19. The molecule has 2 aromatic rings. The Hall–Kier alpha value is -2.37. The smallest absolute Gasteiger partial charge is 0.289 e. The molecule has 1 aromatic heterocycles. The Balaban J connectivity index is 1.50. The summed E-state index contributed by atoms with van der Waals surface area (Å²) in [5, 5.41) is 6.83. The fourth-order valence-corrected chi connectivity index (χ4v) is 3.18. The first-order valence-electron chi connectivity index (χ1n) is 8.76. The Labute approximate surface area is 147 Å². The summed E-state index contributed by atoms with van der Waals surface area (Å²) in [6.45, 7) is 6.26. The Kier molecular flexibility index (Phi) is 5.36. The summed E-state index contributed by atoms with van der Waals surface area (Å²) in [6.07, 6.45) is 1.71. The monoisotopic (exact) mass is 345 g/mol. The minimum absolute atomic E-state index is 0.202. The van der Waals surface area contributed by atoms with Crippen LogP contribution < -0.4 is 10.2 Å². The highest BCUT2D eigenvalue weighted by Crippen LogP contribution is 2.25. The number of carbonyl (C=O) groups excluding carboxylic acids is 1. The number of halogens is 1. The van der Waals surface area contributed by atoms with Crippen LogP contribution in [0.25, 0.3) is 0 Å². The molecule has 1 aliphatic heterocycles. The van der Waals surface area contributed by atoms with E-state index in [0.717, 1.165) is 31.6 Å². The zero-order valence-electron chi connectivity index (χ0n) is 14.7. The van der Waals surface area contributed by atoms with Gasteiger partial charge in [0.15, 0.2) is 0 Å². The zero-order valence-corrected chi connectivity index (χ0v) is 14.7. The highest BCUT2D eigenvalue weighted by atomic mass is 19.1. The van der Waals surface area contributed by atoms with Crippen LogP contribution in [0.4, 0.5) is 10.1 Å². The standard InChI is InChI=1S/C19H24FN3O2/c1-13(2)9-15-10-18(25-22-15)19(24)21-11-14-7-8-23(12-14)17-6-4-3-5-16(17)20/h3-6,10,13-14H,7-9,11-12H2,1-2H3,(H,21,24)/t14-/m1/s1. The molecule has 1 aliphatic rings. The van der Waals surface area contributed by atoms with Crippen molar-refractivity contribution in [2.45, 2.75) is 26.7 Å². The van der Waals surface area contributed by atoms with Gasteiger partial charge in [-0.15, -0.1) is 0 Å². The van der Waals surface area contributed by atoms with E-state index in [2.05, 4.69) is 24.3 Å². The van der Waals surface area contributed by atoms with Crippen LogP contribution in [0.2, 0.25) is 0 Å². The number of hydrogen-bond donors (Lipinski definition) is 1. The number of benzene rings is 1. The largest absolute Gasteiger partial charge is 0.369 e. The van der Waals surface area contributed by atoms with E-state index < -0.39 is 0 Å². The van der Waals surface area contributed by atoms with E-state index in [1.165, 1.54) is 6.07 Å². The van der Waals surface area contributed by atoms with Gasteiger partial charge in [0.25, 0.3) is 5.91 Å². The molecule has 0 unspecified atom stereocenters. The highest BCUT2D eigenvalue weighted by molar-refractivity contribution is 5.91. The van der Waals surface area contributed by atoms with Crippen molar-refractivity contribution in [3.8, 4) is 0 Å². The van der Waals surface area contributed by atoms with Crippen LogP contribution >= 0.6 is 0 Å². The Morgan fingerprint density at radius 2 is 2.24 bits per heavy atom. The zero-order chi connectivity index (χ0) is 17.8. The van der Waals surface area contributed by atoms with E-state index in [1.807, 2.05) is 11.0 Å². The minimum atomic E-state index is -0.244. The van der Waals surface area contributed by atoms with E-state index in [9.17, 15) is 9.18 Å². The number of rotatable bonds is 6. The topological polar surface area (TPSA) is 58.4 Å². The predicted molar refractivity (Wildman–Crippen MR) is 94.1 cm³/mol. The average Bonchev–Trinajstić information content (AvgIpc) is 3.22. The first kappa shape index (κ1) is 17.5. The fraction of sp³-hybridized carbons (Fsp3) is 0.474. The van der Waals surface area contributed by atoms with Crippen molar-refractivity contribution < 1.29 is 13.7 Å². The number of aromatic nitrogens is 1. The summed E-state index contributed by atoms with van der Waals surface area (Å²) >= 11 is 0.